The zero-order valence-corrected chi connectivity index (χ0v) is 13.4. The minimum atomic E-state index is -1.16. The summed E-state index contributed by atoms with van der Waals surface area (Å²) in [6, 6.07) is 0. The molecule has 112 valence electrons. The smallest absolute Gasteiger partial charge is 0.156 e. The molecule has 0 aromatic heterocycles. The summed E-state index contributed by atoms with van der Waals surface area (Å²) in [5.41, 5.74) is -0.935. The first-order chi connectivity index (χ1) is 9.16. The Bertz CT molecular complexity index is 453. The Morgan fingerprint density at radius 3 is 2.30 bits per heavy atom. The molecule has 0 aromatic carbocycles. The molecule has 0 aromatic rings. The van der Waals surface area contributed by atoms with Gasteiger partial charge in [0.25, 0.3) is 0 Å². The van der Waals surface area contributed by atoms with Crippen LogP contribution in [0.4, 0.5) is 0 Å². The third-order valence-corrected chi connectivity index (χ3v) is 3.25. The third kappa shape index (κ3) is 4.89. The van der Waals surface area contributed by atoms with Crippen LogP contribution in [0.5, 0.6) is 0 Å². The van der Waals surface area contributed by atoms with Gasteiger partial charge >= 0.3 is 0 Å². The summed E-state index contributed by atoms with van der Waals surface area (Å²) in [6.07, 6.45) is 8.11. The van der Waals surface area contributed by atoms with E-state index in [2.05, 4.69) is 0 Å². The number of hydrogen-bond acceptors (Lipinski definition) is 3. The van der Waals surface area contributed by atoms with Gasteiger partial charge in [-0.3, -0.25) is 9.59 Å². The number of carbonyl (C=O) groups excluding carboxylic acids is 2. The van der Waals surface area contributed by atoms with Crippen molar-refractivity contribution in [2.45, 2.75) is 53.6 Å². The molecule has 3 heteroatoms. The molecule has 0 bridgehead atoms. The maximum atomic E-state index is 11.4. The van der Waals surface area contributed by atoms with E-state index < -0.39 is 11.0 Å². The Morgan fingerprint density at radius 1 is 1.30 bits per heavy atom. The van der Waals surface area contributed by atoms with Gasteiger partial charge < -0.3 is 5.11 Å². The summed E-state index contributed by atoms with van der Waals surface area (Å²) in [7, 11) is 0. The lowest BCUT2D eigenvalue weighted by atomic mass is 9.68. The number of rotatable bonds is 3. The summed E-state index contributed by atoms with van der Waals surface area (Å²) in [4.78, 5) is 22.3. The zero-order valence-electron chi connectivity index (χ0n) is 13.4. The summed E-state index contributed by atoms with van der Waals surface area (Å²) in [5, 5.41) is 10.6. The Hall–Kier alpha value is -1.48. The normalized spacial score (nSPS) is 25.4. The summed E-state index contributed by atoms with van der Waals surface area (Å²) >= 11 is 0. The van der Waals surface area contributed by atoms with Gasteiger partial charge in [0.1, 0.15) is 5.60 Å². The molecular weight excluding hydrogens is 252 g/mol. The first-order valence-corrected chi connectivity index (χ1v) is 6.99. The average molecular weight is 278 g/mol. The van der Waals surface area contributed by atoms with Crippen LogP contribution in [0.1, 0.15) is 48.0 Å². The molecule has 1 unspecified atom stereocenters. The van der Waals surface area contributed by atoms with Crippen LogP contribution in [-0.4, -0.2) is 22.3 Å². The molecule has 1 aliphatic rings. The van der Waals surface area contributed by atoms with E-state index in [1.807, 2.05) is 27.7 Å². The fourth-order valence-corrected chi connectivity index (χ4v) is 1.99. The maximum Gasteiger partial charge on any atom is 0.156 e. The van der Waals surface area contributed by atoms with E-state index in [1.54, 1.807) is 19.1 Å². The first kappa shape index (κ1) is 18.5. The monoisotopic (exact) mass is 278 g/mol. The van der Waals surface area contributed by atoms with Crippen molar-refractivity contribution in [3.05, 3.63) is 36.0 Å². The molecule has 0 spiro atoms. The highest BCUT2D eigenvalue weighted by molar-refractivity contribution is 5.92. The molecule has 0 saturated heterocycles. The van der Waals surface area contributed by atoms with E-state index in [9.17, 15) is 14.7 Å². The number of ketones is 2. The molecule has 0 aliphatic heterocycles. The highest BCUT2D eigenvalue weighted by atomic mass is 16.3. The van der Waals surface area contributed by atoms with Gasteiger partial charge in [0.2, 0.25) is 0 Å². The van der Waals surface area contributed by atoms with Gasteiger partial charge in [-0.1, -0.05) is 33.8 Å². The predicted octanol–water partition coefficient (Wildman–Crippen LogP) is 3.39. The fourth-order valence-electron chi connectivity index (χ4n) is 1.99. The van der Waals surface area contributed by atoms with Crippen LogP contribution < -0.4 is 0 Å². The van der Waals surface area contributed by atoms with E-state index >= 15 is 0 Å². The lowest BCUT2D eigenvalue weighted by Crippen LogP contribution is -2.45. The molecule has 3 nitrogen and oxygen atoms in total. The van der Waals surface area contributed by atoms with Crippen molar-refractivity contribution in [3.8, 4) is 0 Å². The second-order valence-corrected chi connectivity index (χ2v) is 5.52. The zero-order chi connectivity index (χ0) is 16.0. The van der Waals surface area contributed by atoms with Crippen LogP contribution in [0.15, 0.2) is 36.0 Å². The van der Waals surface area contributed by atoms with E-state index in [-0.39, 0.29) is 11.6 Å². The molecule has 0 radical (unpaired) electrons. The predicted molar refractivity (Wildman–Crippen MR) is 82.4 cm³/mol. The molecule has 0 saturated carbocycles. The van der Waals surface area contributed by atoms with Crippen LogP contribution in [0.25, 0.3) is 0 Å². The largest absolute Gasteiger partial charge is 0.381 e. The minimum Gasteiger partial charge on any atom is -0.381 e. The molecule has 20 heavy (non-hydrogen) atoms. The second kappa shape index (κ2) is 7.34. The first-order valence-electron chi connectivity index (χ1n) is 6.99. The molecule has 0 fully saturated rings. The van der Waals surface area contributed by atoms with Gasteiger partial charge in [0, 0.05) is 11.8 Å². The Morgan fingerprint density at radius 2 is 1.85 bits per heavy atom. The second-order valence-electron chi connectivity index (χ2n) is 5.52. The van der Waals surface area contributed by atoms with Crippen molar-refractivity contribution in [2.75, 3.05) is 0 Å². The van der Waals surface area contributed by atoms with E-state index in [4.69, 9.17) is 0 Å². The van der Waals surface area contributed by atoms with Crippen molar-refractivity contribution in [3.63, 3.8) is 0 Å². The number of hydrogen-bond donors (Lipinski definition) is 1. The highest BCUT2D eigenvalue weighted by Gasteiger charge is 2.43. The highest BCUT2D eigenvalue weighted by Crippen LogP contribution is 2.40. The summed E-state index contributed by atoms with van der Waals surface area (Å²) in [5.74, 6) is -0.00756. The molecule has 1 atom stereocenters. The van der Waals surface area contributed by atoms with Crippen LogP contribution >= 0.6 is 0 Å². The van der Waals surface area contributed by atoms with Gasteiger partial charge in [0.05, 0.1) is 0 Å². The minimum absolute atomic E-state index is 0.0223. The van der Waals surface area contributed by atoms with Gasteiger partial charge in [-0.2, -0.15) is 0 Å². The van der Waals surface area contributed by atoms with Gasteiger partial charge in [-0.05, 0) is 43.7 Å². The van der Waals surface area contributed by atoms with Crippen LogP contribution in [0.3, 0.4) is 0 Å². The van der Waals surface area contributed by atoms with E-state index in [1.165, 1.54) is 25.2 Å². The molecule has 0 heterocycles. The summed E-state index contributed by atoms with van der Waals surface area (Å²) < 4.78 is 0. The number of carbonyl (C=O) groups is 2. The molecule has 0 amide bonds. The van der Waals surface area contributed by atoms with Gasteiger partial charge in [0.15, 0.2) is 11.6 Å². The topological polar surface area (TPSA) is 54.4 Å². The standard InChI is InChI=1S/C15H20O3.C2H6/c1-11(9-12(2)16)5-7-15(18)8-6-13(17)10-14(15,3)4;1-2/h5-9,18H,10H2,1-4H3;1-2H3/b7-5+,11-9-;. The molecule has 1 rings (SSSR count). The Kier molecular flexibility index (Phi) is 6.80. The summed E-state index contributed by atoms with van der Waals surface area (Å²) in [6.45, 7) is 11.0. The maximum absolute atomic E-state index is 11.4. The van der Waals surface area contributed by atoms with Crippen molar-refractivity contribution in [2.24, 2.45) is 5.41 Å². The van der Waals surface area contributed by atoms with Gasteiger partial charge in [-0.15, -0.1) is 0 Å². The lowest BCUT2D eigenvalue weighted by molar-refractivity contribution is -0.120. The van der Waals surface area contributed by atoms with Crippen molar-refractivity contribution >= 4 is 11.6 Å². The average Bonchev–Trinajstić information content (AvgIpc) is 2.33. The Balaban J connectivity index is 0.00000172. The number of allylic oxidation sites excluding steroid dienone is 4. The quantitative estimate of drug-likeness (QED) is 0.636. The fraction of sp³-hybridized carbons (Fsp3) is 0.529. The molecule has 1 aliphatic carbocycles. The van der Waals surface area contributed by atoms with Crippen molar-refractivity contribution in [1.29, 1.82) is 0 Å². The van der Waals surface area contributed by atoms with Crippen LogP contribution in [0, 0.1) is 5.41 Å². The number of aliphatic hydroxyl groups is 1. The van der Waals surface area contributed by atoms with Crippen molar-refractivity contribution in [1.82, 2.24) is 0 Å². The Labute approximate surface area is 122 Å². The molecular formula is C17H26O3. The van der Waals surface area contributed by atoms with Gasteiger partial charge in [-0.25, -0.2) is 0 Å². The third-order valence-electron chi connectivity index (χ3n) is 3.25. The van der Waals surface area contributed by atoms with Crippen molar-refractivity contribution < 1.29 is 14.7 Å². The molecule has 1 N–H and O–H groups in total. The van der Waals surface area contributed by atoms with E-state index in [0.29, 0.717) is 6.42 Å². The lowest BCUT2D eigenvalue weighted by Gasteiger charge is -2.40. The van der Waals surface area contributed by atoms with E-state index in [0.717, 1.165) is 5.57 Å². The van der Waals surface area contributed by atoms with Crippen LogP contribution in [0.2, 0.25) is 0 Å². The van der Waals surface area contributed by atoms with Crippen LogP contribution in [-0.2, 0) is 9.59 Å². The SMILES string of the molecule is CC.CC(=O)/C=C(C)\C=C\C1(O)C=CC(=O)CC1(C)C.